The van der Waals surface area contributed by atoms with E-state index in [0.29, 0.717) is 5.69 Å². The third-order valence-electron chi connectivity index (χ3n) is 4.99. The molecule has 1 atom stereocenters. The molecule has 1 heterocycles. The highest BCUT2D eigenvalue weighted by Gasteiger charge is 2.28. The quantitative estimate of drug-likeness (QED) is 0.729. The maximum absolute atomic E-state index is 14.0. The predicted octanol–water partition coefficient (Wildman–Crippen LogP) is 4.27. The monoisotopic (exact) mass is 385 g/mol. The molecule has 0 unspecified atom stereocenters. The van der Waals surface area contributed by atoms with Crippen LogP contribution in [0.2, 0.25) is 0 Å². The van der Waals surface area contributed by atoms with Gasteiger partial charge in [-0.05, 0) is 56.5 Å². The summed E-state index contributed by atoms with van der Waals surface area (Å²) in [6.07, 6.45) is 2.39. The third-order valence-corrected chi connectivity index (χ3v) is 4.99. The molecule has 0 radical (unpaired) electrons. The Bertz CT molecular complexity index is 1040. The summed E-state index contributed by atoms with van der Waals surface area (Å²) in [5, 5.41) is 7.18. The number of carbonyl (C=O) groups excluding carboxylic acids is 1. The Morgan fingerprint density at radius 1 is 1.07 bits per heavy atom. The van der Waals surface area contributed by atoms with Gasteiger partial charge in [-0.2, -0.15) is 5.10 Å². The SMILES string of the molecule is C[C@@H](NC(=O)c1nn(-c2ccc(F)cc2)c2c1CCC2)c1ccc(F)cc1F. The second kappa shape index (κ2) is 7.14. The summed E-state index contributed by atoms with van der Waals surface area (Å²) in [4.78, 5) is 12.8. The Hall–Kier alpha value is -3.09. The van der Waals surface area contributed by atoms with E-state index in [0.717, 1.165) is 42.7 Å². The number of rotatable bonds is 4. The van der Waals surface area contributed by atoms with Crippen LogP contribution >= 0.6 is 0 Å². The lowest BCUT2D eigenvalue weighted by Gasteiger charge is -2.14. The van der Waals surface area contributed by atoms with E-state index in [1.165, 1.54) is 18.2 Å². The van der Waals surface area contributed by atoms with Crippen LogP contribution in [-0.2, 0) is 12.8 Å². The molecule has 1 aliphatic carbocycles. The third kappa shape index (κ3) is 3.28. The van der Waals surface area contributed by atoms with Gasteiger partial charge in [0.05, 0.1) is 11.7 Å². The summed E-state index contributed by atoms with van der Waals surface area (Å²) in [6, 6.07) is 8.52. The maximum atomic E-state index is 14.0. The van der Waals surface area contributed by atoms with E-state index in [4.69, 9.17) is 0 Å². The highest BCUT2D eigenvalue weighted by atomic mass is 19.1. The fraction of sp³-hybridized carbons (Fsp3) is 0.238. The van der Waals surface area contributed by atoms with Crippen molar-refractivity contribution in [3.8, 4) is 5.69 Å². The molecule has 4 nitrogen and oxygen atoms in total. The summed E-state index contributed by atoms with van der Waals surface area (Å²) in [6.45, 7) is 1.63. The number of hydrogen-bond donors (Lipinski definition) is 1. The number of benzene rings is 2. The minimum absolute atomic E-state index is 0.198. The van der Waals surface area contributed by atoms with Crippen molar-refractivity contribution in [2.24, 2.45) is 0 Å². The zero-order valence-electron chi connectivity index (χ0n) is 15.2. The number of nitrogens with zero attached hydrogens (tertiary/aromatic N) is 2. The van der Waals surface area contributed by atoms with Crippen LogP contribution in [0.1, 0.15) is 46.7 Å². The zero-order valence-corrected chi connectivity index (χ0v) is 15.2. The molecule has 0 fully saturated rings. The van der Waals surface area contributed by atoms with Gasteiger partial charge in [0.15, 0.2) is 5.69 Å². The van der Waals surface area contributed by atoms with Crippen molar-refractivity contribution in [1.82, 2.24) is 15.1 Å². The van der Waals surface area contributed by atoms with Gasteiger partial charge in [-0.3, -0.25) is 4.79 Å². The first-order valence-corrected chi connectivity index (χ1v) is 9.06. The lowest BCUT2D eigenvalue weighted by atomic mass is 10.1. The number of aromatic nitrogens is 2. The minimum Gasteiger partial charge on any atom is -0.344 e. The van der Waals surface area contributed by atoms with Crippen molar-refractivity contribution in [3.05, 3.63) is 82.4 Å². The molecule has 144 valence electrons. The normalized spacial score (nSPS) is 14.0. The number of carbonyl (C=O) groups is 1. The van der Waals surface area contributed by atoms with Gasteiger partial charge in [0, 0.05) is 22.9 Å². The Kier molecular flexibility index (Phi) is 4.66. The summed E-state index contributed by atoms with van der Waals surface area (Å²) >= 11 is 0. The fourth-order valence-corrected chi connectivity index (χ4v) is 3.61. The van der Waals surface area contributed by atoms with Gasteiger partial charge >= 0.3 is 0 Å². The van der Waals surface area contributed by atoms with Crippen LogP contribution < -0.4 is 5.32 Å². The molecular weight excluding hydrogens is 367 g/mol. The van der Waals surface area contributed by atoms with E-state index in [9.17, 15) is 18.0 Å². The summed E-state index contributed by atoms with van der Waals surface area (Å²) in [5.41, 5.74) is 2.94. The molecule has 7 heteroatoms. The topological polar surface area (TPSA) is 46.9 Å². The lowest BCUT2D eigenvalue weighted by Crippen LogP contribution is -2.28. The van der Waals surface area contributed by atoms with Crippen LogP contribution in [0.15, 0.2) is 42.5 Å². The van der Waals surface area contributed by atoms with Gasteiger partial charge in [0.2, 0.25) is 0 Å². The van der Waals surface area contributed by atoms with Crippen LogP contribution in [0.5, 0.6) is 0 Å². The lowest BCUT2D eigenvalue weighted by molar-refractivity contribution is 0.0933. The first-order valence-electron chi connectivity index (χ1n) is 9.06. The van der Waals surface area contributed by atoms with Crippen molar-refractivity contribution in [1.29, 1.82) is 0 Å². The Labute approximate surface area is 160 Å². The molecule has 1 N–H and O–H groups in total. The van der Waals surface area contributed by atoms with E-state index in [-0.39, 0.29) is 17.1 Å². The van der Waals surface area contributed by atoms with E-state index >= 15 is 0 Å². The van der Waals surface area contributed by atoms with Crippen molar-refractivity contribution >= 4 is 5.91 Å². The van der Waals surface area contributed by atoms with Gasteiger partial charge in [-0.15, -0.1) is 0 Å². The first-order chi connectivity index (χ1) is 13.4. The summed E-state index contributed by atoms with van der Waals surface area (Å²) in [7, 11) is 0. The zero-order chi connectivity index (χ0) is 19.8. The molecule has 4 rings (SSSR count). The first kappa shape index (κ1) is 18.3. The molecule has 3 aromatic rings. The molecule has 0 spiro atoms. The van der Waals surface area contributed by atoms with Crippen molar-refractivity contribution in [2.45, 2.75) is 32.2 Å². The Balaban J connectivity index is 1.63. The van der Waals surface area contributed by atoms with Crippen LogP contribution in [0, 0.1) is 17.5 Å². The Morgan fingerprint density at radius 2 is 1.79 bits per heavy atom. The molecule has 2 aromatic carbocycles. The van der Waals surface area contributed by atoms with E-state index in [1.807, 2.05) is 0 Å². The molecular formula is C21H18F3N3O. The van der Waals surface area contributed by atoms with Gasteiger partial charge < -0.3 is 5.32 Å². The standard InChI is InChI=1S/C21H18F3N3O/c1-12(16-10-7-14(23)11-18(16)24)25-21(28)20-17-3-2-4-19(17)27(26-20)15-8-5-13(22)6-9-15/h5-12H,2-4H2,1H3,(H,25,28)/t12-/m1/s1. The second-order valence-electron chi connectivity index (χ2n) is 6.88. The van der Waals surface area contributed by atoms with Crippen LogP contribution in [-0.4, -0.2) is 15.7 Å². The van der Waals surface area contributed by atoms with Crippen molar-refractivity contribution in [3.63, 3.8) is 0 Å². The maximum Gasteiger partial charge on any atom is 0.272 e. The molecule has 0 saturated heterocycles. The average molecular weight is 385 g/mol. The number of fused-ring (bicyclic) bond motifs is 1. The van der Waals surface area contributed by atoms with E-state index in [1.54, 1.807) is 23.7 Å². The summed E-state index contributed by atoms with van der Waals surface area (Å²) < 4.78 is 42.0. The van der Waals surface area contributed by atoms with Crippen LogP contribution in [0.25, 0.3) is 5.69 Å². The van der Waals surface area contributed by atoms with Gasteiger partial charge in [0.25, 0.3) is 5.91 Å². The highest BCUT2D eigenvalue weighted by molar-refractivity contribution is 5.94. The Morgan fingerprint density at radius 3 is 2.50 bits per heavy atom. The van der Waals surface area contributed by atoms with Crippen LogP contribution in [0.3, 0.4) is 0 Å². The summed E-state index contributed by atoms with van der Waals surface area (Å²) in [5.74, 6) is -2.15. The van der Waals surface area contributed by atoms with Gasteiger partial charge in [-0.25, -0.2) is 17.9 Å². The average Bonchev–Trinajstić information content (AvgIpc) is 3.25. The molecule has 1 aliphatic rings. The number of nitrogens with one attached hydrogen (secondary N) is 1. The van der Waals surface area contributed by atoms with E-state index < -0.39 is 23.6 Å². The van der Waals surface area contributed by atoms with Gasteiger partial charge in [-0.1, -0.05) is 6.07 Å². The van der Waals surface area contributed by atoms with Gasteiger partial charge in [0.1, 0.15) is 17.5 Å². The molecule has 0 bridgehead atoms. The predicted molar refractivity (Wildman–Crippen MR) is 97.8 cm³/mol. The highest BCUT2D eigenvalue weighted by Crippen LogP contribution is 2.28. The fourth-order valence-electron chi connectivity index (χ4n) is 3.61. The minimum atomic E-state index is -0.713. The number of amides is 1. The van der Waals surface area contributed by atoms with Crippen molar-refractivity contribution in [2.75, 3.05) is 0 Å². The second-order valence-corrected chi connectivity index (χ2v) is 6.88. The number of hydrogen-bond acceptors (Lipinski definition) is 2. The largest absolute Gasteiger partial charge is 0.344 e. The smallest absolute Gasteiger partial charge is 0.272 e. The van der Waals surface area contributed by atoms with Crippen LogP contribution in [0.4, 0.5) is 13.2 Å². The number of halogens is 3. The van der Waals surface area contributed by atoms with Crippen molar-refractivity contribution < 1.29 is 18.0 Å². The molecule has 28 heavy (non-hydrogen) atoms. The molecule has 0 aliphatic heterocycles. The molecule has 1 amide bonds. The van der Waals surface area contributed by atoms with E-state index in [2.05, 4.69) is 10.4 Å². The molecule has 1 aromatic heterocycles. The molecule has 0 saturated carbocycles.